The number of hydroxylamine groups is 1. The Labute approximate surface area is 148 Å². The summed E-state index contributed by atoms with van der Waals surface area (Å²) in [6.45, 7) is 0.446. The van der Waals surface area contributed by atoms with Crippen LogP contribution < -0.4 is 5.48 Å². The van der Waals surface area contributed by atoms with Crippen molar-refractivity contribution >= 4 is 22.9 Å². The third-order valence-electron chi connectivity index (χ3n) is 5.41. The van der Waals surface area contributed by atoms with Gasteiger partial charge in [-0.3, -0.25) is 19.0 Å². The molecular formula is C16H23N2O6S-. The van der Waals surface area contributed by atoms with Crippen LogP contribution in [-0.4, -0.2) is 49.1 Å². The van der Waals surface area contributed by atoms with E-state index in [1.165, 1.54) is 0 Å². The van der Waals surface area contributed by atoms with Crippen LogP contribution in [0.2, 0.25) is 0 Å². The van der Waals surface area contributed by atoms with E-state index in [4.69, 9.17) is 9.94 Å². The fourth-order valence-corrected chi connectivity index (χ4v) is 4.85. The molecule has 4 unspecified atom stereocenters. The first-order chi connectivity index (χ1) is 12.0. The van der Waals surface area contributed by atoms with E-state index in [2.05, 4.69) is 0 Å². The molecule has 9 heteroatoms. The molecular weight excluding hydrogens is 348 g/mol. The third kappa shape index (κ3) is 4.04. The number of carbonyl (C=O) groups is 2. The van der Waals surface area contributed by atoms with Crippen molar-refractivity contribution < 1.29 is 28.3 Å². The molecule has 3 rings (SSSR count). The van der Waals surface area contributed by atoms with Crippen LogP contribution in [0.5, 0.6) is 0 Å². The maximum atomic E-state index is 12.4. The molecule has 2 N–H and O–H groups in total. The summed E-state index contributed by atoms with van der Waals surface area (Å²) in [4.78, 5) is 25.8. The molecule has 0 aromatic heterocycles. The van der Waals surface area contributed by atoms with Gasteiger partial charge in [-0.05, 0) is 31.6 Å². The second-order valence-electron chi connectivity index (χ2n) is 6.99. The molecule has 25 heavy (non-hydrogen) atoms. The van der Waals surface area contributed by atoms with E-state index in [-0.39, 0.29) is 23.7 Å². The number of ether oxygens (including phenoxy) is 1. The molecule has 4 atom stereocenters. The van der Waals surface area contributed by atoms with Crippen molar-refractivity contribution in [3.8, 4) is 0 Å². The first-order valence-corrected chi connectivity index (χ1v) is 9.80. The Kier molecular flexibility index (Phi) is 5.75. The molecule has 140 valence electrons. The van der Waals surface area contributed by atoms with Gasteiger partial charge in [-0.15, -0.1) is 0 Å². The maximum Gasteiger partial charge on any atom is 0.264 e. The maximum absolute atomic E-state index is 12.4. The fraction of sp³-hybridized carbons (Fsp3) is 0.750. The zero-order valence-corrected chi connectivity index (χ0v) is 14.8. The molecule has 0 aromatic carbocycles. The molecule has 2 aliphatic carbocycles. The quantitative estimate of drug-likeness (QED) is 0.429. The van der Waals surface area contributed by atoms with Crippen LogP contribution in [-0.2, 0) is 25.4 Å². The van der Waals surface area contributed by atoms with E-state index in [9.17, 15) is 18.4 Å². The lowest BCUT2D eigenvalue weighted by atomic mass is 9.86. The van der Waals surface area contributed by atoms with Gasteiger partial charge in [0.1, 0.15) is 5.76 Å². The zero-order valence-electron chi connectivity index (χ0n) is 13.9. The summed E-state index contributed by atoms with van der Waals surface area (Å²) in [6.07, 6.45) is 4.42. The molecule has 0 spiro atoms. The summed E-state index contributed by atoms with van der Waals surface area (Å²) >= 11 is -2.08. The molecule has 0 radical (unpaired) electrons. The Morgan fingerprint density at radius 1 is 1.40 bits per heavy atom. The number of allylic oxidation sites excluding steroid dienone is 2. The molecule has 1 fully saturated rings. The minimum absolute atomic E-state index is 0.0146. The number of nitrogens with zero attached hydrogens (tertiary/aromatic N) is 1. The van der Waals surface area contributed by atoms with Crippen LogP contribution in [0.4, 0.5) is 0 Å². The fourth-order valence-electron chi connectivity index (χ4n) is 4.06. The van der Waals surface area contributed by atoms with Gasteiger partial charge in [0.05, 0.1) is 5.70 Å². The van der Waals surface area contributed by atoms with Crippen molar-refractivity contribution in [3.05, 3.63) is 11.5 Å². The minimum Gasteiger partial charge on any atom is -0.772 e. The molecule has 0 bridgehead atoms. The average molecular weight is 371 g/mol. The number of hydrogen-bond donors (Lipinski definition) is 2. The van der Waals surface area contributed by atoms with Crippen LogP contribution in [0.25, 0.3) is 0 Å². The van der Waals surface area contributed by atoms with E-state index in [1.54, 1.807) is 10.4 Å². The van der Waals surface area contributed by atoms with Gasteiger partial charge in [-0.1, -0.05) is 17.5 Å². The average Bonchev–Trinajstić information content (AvgIpc) is 2.63. The molecule has 0 aromatic rings. The SMILES string of the molecule is O=C(NO)C1CCC2=C(C1)N(CC1CCCC(S(=O)[O-])C1)C(=O)CO2. The van der Waals surface area contributed by atoms with Crippen LogP contribution >= 0.6 is 0 Å². The highest BCUT2D eigenvalue weighted by molar-refractivity contribution is 7.79. The topological polar surface area (TPSA) is 119 Å². The summed E-state index contributed by atoms with van der Waals surface area (Å²) in [7, 11) is 0. The van der Waals surface area contributed by atoms with E-state index in [1.807, 2.05) is 0 Å². The number of hydrogen-bond acceptors (Lipinski definition) is 6. The van der Waals surface area contributed by atoms with Gasteiger partial charge in [0, 0.05) is 30.6 Å². The highest BCUT2D eigenvalue weighted by atomic mass is 32.2. The molecule has 2 amide bonds. The largest absolute Gasteiger partial charge is 0.772 e. The number of carbonyl (C=O) groups excluding carboxylic acids is 2. The van der Waals surface area contributed by atoms with Gasteiger partial charge in [0.15, 0.2) is 6.61 Å². The van der Waals surface area contributed by atoms with E-state index >= 15 is 0 Å². The van der Waals surface area contributed by atoms with Gasteiger partial charge < -0.3 is 14.2 Å². The predicted molar refractivity (Wildman–Crippen MR) is 86.6 cm³/mol. The van der Waals surface area contributed by atoms with E-state index in [0.29, 0.717) is 44.3 Å². The zero-order chi connectivity index (χ0) is 18.0. The summed E-state index contributed by atoms with van der Waals surface area (Å²) in [6, 6.07) is 0. The van der Waals surface area contributed by atoms with Crippen LogP contribution in [0.1, 0.15) is 44.9 Å². The molecule has 0 saturated heterocycles. The van der Waals surface area contributed by atoms with Crippen molar-refractivity contribution in [1.82, 2.24) is 10.4 Å². The van der Waals surface area contributed by atoms with Gasteiger partial charge >= 0.3 is 0 Å². The van der Waals surface area contributed by atoms with Crippen molar-refractivity contribution in [2.24, 2.45) is 11.8 Å². The number of amides is 2. The summed E-state index contributed by atoms with van der Waals surface area (Å²) in [5.74, 6) is -0.145. The van der Waals surface area contributed by atoms with Gasteiger partial charge in [0.25, 0.3) is 5.91 Å². The Balaban J connectivity index is 1.73. The van der Waals surface area contributed by atoms with Crippen LogP contribution in [0.15, 0.2) is 11.5 Å². The Bertz CT molecular complexity index is 607. The lowest BCUT2D eigenvalue weighted by Crippen LogP contribution is -2.45. The monoisotopic (exact) mass is 371 g/mol. The Morgan fingerprint density at radius 3 is 2.92 bits per heavy atom. The van der Waals surface area contributed by atoms with Crippen molar-refractivity contribution in [3.63, 3.8) is 0 Å². The smallest absolute Gasteiger partial charge is 0.264 e. The van der Waals surface area contributed by atoms with Crippen molar-refractivity contribution in [2.75, 3.05) is 13.2 Å². The number of rotatable bonds is 4. The highest BCUT2D eigenvalue weighted by Gasteiger charge is 2.37. The second-order valence-corrected chi connectivity index (χ2v) is 8.18. The second kappa shape index (κ2) is 7.84. The summed E-state index contributed by atoms with van der Waals surface area (Å²) in [5.41, 5.74) is 2.39. The van der Waals surface area contributed by atoms with Crippen LogP contribution in [0.3, 0.4) is 0 Å². The van der Waals surface area contributed by atoms with Gasteiger partial charge in [-0.2, -0.15) is 0 Å². The van der Waals surface area contributed by atoms with Crippen LogP contribution in [0, 0.1) is 11.8 Å². The minimum atomic E-state index is -2.08. The van der Waals surface area contributed by atoms with Gasteiger partial charge in [0.2, 0.25) is 5.91 Å². The standard InChI is InChI=1S/C16H24N2O6S/c19-15-9-24-14-5-4-11(16(20)17-21)7-13(14)18(15)8-10-2-1-3-12(6-10)25(22)23/h10-12,21H,1-9H2,(H,17,20)(H,22,23)/p-1. The van der Waals surface area contributed by atoms with Crippen molar-refractivity contribution in [2.45, 2.75) is 50.2 Å². The van der Waals surface area contributed by atoms with E-state index < -0.39 is 22.9 Å². The highest BCUT2D eigenvalue weighted by Crippen LogP contribution is 2.37. The lowest BCUT2D eigenvalue weighted by Gasteiger charge is -2.40. The molecule has 1 saturated carbocycles. The molecule has 1 aliphatic heterocycles. The Hall–Kier alpha value is -1.45. The van der Waals surface area contributed by atoms with Crippen molar-refractivity contribution in [1.29, 1.82) is 0 Å². The third-order valence-corrected chi connectivity index (χ3v) is 6.38. The summed E-state index contributed by atoms with van der Waals surface area (Å²) < 4.78 is 28.0. The first kappa shape index (κ1) is 18.3. The summed E-state index contributed by atoms with van der Waals surface area (Å²) in [5, 5.41) is 8.51. The first-order valence-electron chi connectivity index (χ1n) is 8.66. The number of nitrogens with one attached hydrogen (secondary N) is 1. The normalized spacial score (nSPS) is 31.2. The molecule has 1 heterocycles. The molecule has 8 nitrogen and oxygen atoms in total. The Morgan fingerprint density at radius 2 is 2.20 bits per heavy atom. The van der Waals surface area contributed by atoms with Gasteiger partial charge in [-0.25, -0.2) is 5.48 Å². The molecule has 3 aliphatic rings. The predicted octanol–water partition coefficient (Wildman–Crippen LogP) is 0.800. The lowest BCUT2D eigenvalue weighted by molar-refractivity contribution is -0.139. The van der Waals surface area contributed by atoms with E-state index in [0.717, 1.165) is 18.6 Å².